The van der Waals surface area contributed by atoms with E-state index in [0.29, 0.717) is 12.1 Å². The van der Waals surface area contributed by atoms with Crippen LogP contribution in [0.5, 0.6) is 0 Å². The average Bonchev–Trinajstić information content (AvgIpc) is 2.34. The van der Waals surface area contributed by atoms with E-state index in [9.17, 15) is 5.11 Å². The fourth-order valence-corrected chi connectivity index (χ4v) is 3.35. The highest BCUT2D eigenvalue weighted by atomic mass is 16.5. The highest BCUT2D eigenvalue weighted by molar-refractivity contribution is 4.82. The molecule has 3 heteroatoms. The lowest BCUT2D eigenvalue weighted by Gasteiger charge is -2.39. The van der Waals surface area contributed by atoms with E-state index in [4.69, 9.17) is 4.74 Å². The molecule has 3 nitrogen and oxygen atoms in total. The Labute approximate surface area is 105 Å². The Morgan fingerprint density at radius 3 is 2.47 bits per heavy atom. The lowest BCUT2D eigenvalue weighted by Crippen LogP contribution is -2.45. The Kier molecular flexibility index (Phi) is 4.83. The summed E-state index contributed by atoms with van der Waals surface area (Å²) in [5.74, 6) is 0.846. The summed E-state index contributed by atoms with van der Waals surface area (Å²) >= 11 is 0. The van der Waals surface area contributed by atoms with Crippen LogP contribution in [0.15, 0.2) is 0 Å². The quantitative estimate of drug-likeness (QED) is 0.820. The number of nitrogens with zero attached hydrogens (tertiary/aromatic N) is 1. The molecule has 0 aromatic rings. The van der Waals surface area contributed by atoms with Gasteiger partial charge in [0.2, 0.25) is 0 Å². The van der Waals surface area contributed by atoms with Crippen molar-refractivity contribution in [2.75, 3.05) is 20.2 Å². The summed E-state index contributed by atoms with van der Waals surface area (Å²) in [6.07, 6.45) is 7.43. The van der Waals surface area contributed by atoms with E-state index < -0.39 is 0 Å². The second-order valence-electron chi connectivity index (χ2n) is 5.90. The van der Waals surface area contributed by atoms with Crippen molar-refractivity contribution in [3.05, 3.63) is 0 Å². The SMILES string of the molecule is COC1CCC(CN2CCC(O)CC2C)CC1. The monoisotopic (exact) mass is 241 g/mol. The van der Waals surface area contributed by atoms with Gasteiger partial charge in [-0.1, -0.05) is 0 Å². The van der Waals surface area contributed by atoms with Crippen molar-refractivity contribution in [3.8, 4) is 0 Å². The Morgan fingerprint density at radius 1 is 1.18 bits per heavy atom. The summed E-state index contributed by atoms with van der Waals surface area (Å²) in [4.78, 5) is 2.57. The van der Waals surface area contributed by atoms with E-state index in [1.165, 1.54) is 32.2 Å². The van der Waals surface area contributed by atoms with Gasteiger partial charge >= 0.3 is 0 Å². The molecule has 2 fully saturated rings. The number of rotatable bonds is 3. The molecule has 17 heavy (non-hydrogen) atoms. The Bertz CT molecular complexity index is 226. The van der Waals surface area contributed by atoms with Crippen LogP contribution in [-0.4, -0.2) is 48.5 Å². The van der Waals surface area contributed by atoms with E-state index in [1.807, 2.05) is 7.11 Å². The van der Waals surface area contributed by atoms with Gasteiger partial charge in [0.05, 0.1) is 12.2 Å². The molecule has 100 valence electrons. The van der Waals surface area contributed by atoms with Crippen molar-refractivity contribution >= 4 is 0 Å². The van der Waals surface area contributed by atoms with E-state index >= 15 is 0 Å². The smallest absolute Gasteiger partial charge is 0.0571 e. The molecule has 0 amide bonds. The molecule has 0 aromatic heterocycles. The third-order valence-electron chi connectivity index (χ3n) is 4.61. The van der Waals surface area contributed by atoms with Crippen LogP contribution in [0, 0.1) is 5.92 Å². The summed E-state index contributed by atoms with van der Waals surface area (Å²) in [7, 11) is 1.83. The minimum Gasteiger partial charge on any atom is -0.393 e. The fourth-order valence-electron chi connectivity index (χ4n) is 3.35. The molecule has 1 saturated heterocycles. The summed E-state index contributed by atoms with van der Waals surface area (Å²) in [5.41, 5.74) is 0. The third kappa shape index (κ3) is 3.67. The van der Waals surface area contributed by atoms with E-state index in [1.54, 1.807) is 0 Å². The standard InChI is InChI=1S/C14H27NO2/c1-11-9-13(16)7-8-15(11)10-12-3-5-14(17-2)6-4-12/h11-14,16H,3-10H2,1-2H3. The average molecular weight is 241 g/mol. The summed E-state index contributed by atoms with van der Waals surface area (Å²) in [6.45, 7) is 4.56. The van der Waals surface area contributed by atoms with Gasteiger partial charge in [0, 0.05) is 26.2 Å². The van der Waals surface area contributed by atoms with Gasteiger partial charge < -0.3 is 14.7 Å². The molecule has 0 bridgehead atoms. The minimum atomic E-state index is -0.0644. The maximum absolute atomic E-state index is 9.63. The summed E-state index contributed by atoms with van der Waals surface area (Å²) in [5, 5.41) is 9.63. The minimum absolute atomic E-state index is 0.0644. The topological polar surface area (TPSA) is 32.7 Å². The summed E-state index contributed by atoms with van der Waals surface area (Å²) < 4.78 is 5.42. The number of methoxy groups -OCH3 is 1. The van der Waals surface area contributed by atoms with Gasteiger partial charge in [0.15, 0.2) is 0 Å². The number of hydrogen-bond acceptors (Lipinski definition) is 3. The Balaban J connectivity index is 1.74. The Hall–Kier alpha value is -0.120. The number of likely N-dealkylation sites (tertiary alicyclic amines) is 1. The molecule has 1 saturated carbocycles. The third-order valence-corrected chi connectivity index (χ3v) is 4.61. The van der Waals surface area contributed by atoms with E-state index in [0.717, 1.165) is 25.3 Å². The number of piperidine rings is 1. The van der Waals surface area contributed by atoms with E-state index in [-0.39, 0.29) is 6.10 Å². The first-order valence-corrected chi connectivity index (χ1v) is 7.14. The molecular weight excluding hydrogens is 214 g/mol. The number of aliphatic hydroxyl groups excluding tert-OH is 1. The van der Waals surface area contributed by atoms with Gasteiger partial charge in [0.1, 0.15) is 0 Å². The molecule has 1 aliphatic carbocycles. The highest BCUT2D eigenvalue weighted by Gasteiger charge is 2.28. The van der Waals surface area contributed by atoms with Crippen LogP contribution < -0.4 is 0 Å². The van der Waals surface area contributed by atoms with Crippen LogP contribution in [-0.2, 0) is 4.74 Å². The molecule has 2 atom stereocenters. The second-order valence-corrected chi connectivity index (χ2v) is 5.90. The van der Waals surface area contributed by atoms with Crippen LogP contribution in [0.4, 0.5) is 0 Å². The largest absolute Gasteiger partial charge is 0.393 e. The zero-order valence-electron chi connectivity index (χ0n) is 11.3. The van der Waals surface area contributed by atoms with Gasteiger partial charge in [-0.15, -0.1) is 0 Å². The molecule has 0 radical (unpaired) electrons. The molecule has 0 aromatic carbocycles. The van der Waals surface area contributed by atoms with Gasteiger partial charge in [-0.25, -0.2) is 0 Å². The van der Waals surface area contributed by atoms with Crippen molar-refractivity contribution in [1.29, 1.82) is 0 Å². The van der Waals surface area contributed by atoms with Gasteiger partial charge in [0.25, 0.3) is 0 Å². The van der Waals surface area contributed by atoms with Crippen LogP contribution >= 0.6 is 0 Å². The second kappa shape index (κ2) is 6.17. The van der Waals surface area contributed by atoms with Crippen molar-refractivity contribution < 1.29 is 9.84 Å². The maximum atomic E-state index is 9.63. The Morgan fingerprint density at radius 2 is 1.88 bits per heavy atom. The summed E-state index contributed by atoms with van der Waals surface area (Å²) in [6, 6.07) is 0.555. The van der Waals surface area contributed by atoms with Crippen molar-refractivity contribution in [2.45, 2.75) is 63.7 Å². The zero-order valence-corrected chi connectivity index (χ0v) is 11.3. The van der Waals surface area contributed by atoms with Crippen molar-refractivity contribution in [1.82, 2.24) is 4.90 Å². The first kappa shape index (κ1) is 13.3. The molecule has 2 aliphatic rings. The van der Waals surface area contributed by atoms with Crippen molar-refractivity contribution in [2.24, 2.45) is 5.92 Å². The normalized spacial score (nSPS) is 40.4. The lowest BCUT2D eigenvalue weighted by atomic mass is 9.86. The van der Waals surface area contributed by atoms with Gasteiger partial charge in [-0.3, -0.25) is 0 Å². The van der Waals surface area contributed by atoms with Crippen LogP contribution in [0.2, 0.25) is 0 Å². The van der Waals surface area contributed by atoms with Gasteiger partial charge in [-0.2, -0.15) is 0 Å². The first-order chi connectivity index (χ1) is 8.19. The van der Waals surface area contributed by atoms with Crippen molar-refractivity contribution in [3.63, 3.8) is 0 Å². The molecule has 1 aliphatic heterocycles. The predicted octanol–water partition coefficient (Wildman–Crippen LogP) is 2.04. The number of aliphatic hydroxyl groups is 1. The van der Waals surface area contributed by atoms with Crippen LogP contribution in [0.25, 0.3) is 0 Å². The molecular formula is C14H27NO2. The first-order valence-electron chi connectivity index (χ1n) is 7.14. The molecule has 1 N–H and O–H groups in total. The molecule has 1 heterocycles. The maximum Gasteiger partial charge on any atom is 0.0571 e. The molecule has 0 spiro atoms. The molecule has 2 unspecified atom stereocenters. The number of ether oxygens (including phenoxy) is 1. The zero-order chi connectivity index (χ0) is 12.3. The van der Waals surface area contributed by atoms with E-state index in [2.05, 4.69) is 11.8 Å². The highest BCUT2D eigenvalue weighted by Crippen LogP contribution is 2.28. The van der Waals surface area contributed by atoms with Gasteiger partial charge in [-0.05, 0) is 51.4 Å². The van der Waals surface area contributed by atoms with Crippen LogP contribution in [0.3, 0.4) is 0 Å². The predicted molar refractivity (Wildman–Crippen MR) is 69.0 cm³/mol. The number of hydrogen-bond donors (Lipinski definition) is 1. The molecule has 2 rings (SSSR count). The fraction of sp³-hybridized carbons (Fsp3) is 1.00. The lowest BCUT2D eigenvalue weighted by molar-refractivity contribution is 0.0200. The van der Waals surface area contributed by atoms with Crippen LogP contribution in [0.1, 0.15) is 45.4 Å².